The van der Waals surface area contributed by atoms with Gasteiger partial charge in [-0.15, -0.1) is 0 Å². The second kappa shape index (κ2) is 5.51. The topological polar surface area (TPSA) is 64.3 Å². The van der Waals surface area contributed by atoms with Crippen LogP contribution in [0.15, 0.2) is 18.5 Å². The van der Waals surface area contributed by atoms with Crippen molar-refractivity contribution in [1.29, 1.82) is 0 Å². The Labute approximate surface area is 83.9 Å². The van der Waals surface area contributed by atoms with Crippen LogP contribution < -0.4 is 10.6 Å². The number of hydrogen-bond acceptors (Lipinski definition) is 5. The molecule has 2 N–H and O–H groups in total. The van der Waals surface area contributed by atoms with E-state index in [0.717, 1.165) is 0 Å². The smallest absolute Gasteiger partial charge is 0.225 e. The maximum absolute atomic E-state index is 5.80. The molecule has 0 fully saturated rings. The van der Waals surface area contributed by atoms with Crippen LogP contribution in [0.1, 0.15) is 0 Å². The summed E-state index contributed by atoms with van der Waals surface area (Å²) in [5.41, 5.74) is 5.80. The largest absolute Gasteiger partial charge is 0.383 e. The van der Waals surface area contributed by atoms with Crippen LogP contribution in [0, 0.1) is 0 Å². The van der Waals surface area contributed by atoms with Gasteiger partial charge in [-0.25, -0.2) is 9.97 Å². The molecule has 0 saturated heterocycles. The van der Waals surface area contributed by atoms with Gasteiger partial charge < -0.3 is 15.4 Å². The second-order valence-electron chi connectivity index (χ2n) is 3.14. The van der Waals surface area contributed by atoms with Crippen molar-refractivity contribution < 1.29 is 4.74 Å². The monoisotopic (exact) mass is 196 g/mol. The Bertz CT molecular complexity index is 254. The first-order valence-electron chi connectivity index (χ1n) is 4.46. The van der Waals surface area contributed by atoms with Crippen molar-refractivity contribution in [3.63, 3.8) is 0 Å². The highest BCUT2D eigenvalue weighted by molar-refractivity contribution is 5.26. The minimum atomic E-state index is -0.0196. The molecule has 0 aromatic carbocycles. The minimum absolute atomic E-state index is 0.0196. The lowest BCUT2D eigenvalue weighted by molar-refractivity contribution is 0.181. The Kier molecular flexibility index (Phi) is 4.28. The molecule has 0 aliphatic carbocycles. The van der Waals surface area contributed by atoms with Crippen molar-refractivity contribution in [2.75, 3.05) is 32.2 Å². The average Bonchev–Trinajstić information content (AvgIpc) is 2.19. The Morgan fingerprint density at radius 2 is 2.14 bits per heavy atom. The number of nitrogens with two attached hydrogens (primary N) is 1. The summed E-state index contributed by atoms with van der Waals surface area (Å²) in [5, 5.41) is 0. The standard InChI is InChI=1S/C9H16N4O/c1-13(6-8(10)7-14-2)9-11-4-3-5-12-9/h3-5,8H,6-7,10H2,1-2H3. The lowest BCUT2D eigenvalue weighted by Gasteiger charge is -2.20. The first kappa shape index (κ1) is 10.9. The van der Waals surface area contributed by atoms with Gasteiger partial charge in [0.2, 0.25) is 5.95 Å². The van der Waals surface area contributed by atoms with Gasteiger partial charge in [-0.3, -0.25) is 0 Å². The van der Waals surface area contributed by atoms with E-state index in [2.05, 4.69) is 9.97 Å². The summed E-state index contributed by atoms with van der Waals surface area (Å²) < 4.78 is 4.95. The fourth-order valence-corrected chi connectivity index (χ4v) is 1.19. The highest BCUT2D eigenvalue weighted by Crippen LogP contribution is 2.01. The molecule has 14 heavy (non-hydrogen) atoms. The molecule has 0 aliphatic rings. The minimum Gasteiger partial charge on any atom is -0.383 e. The molecule has 0 radical (unpaired) electrons. The van der Waals surface area contributed by atoms with Gasteiger partial charge in [-0.2, -0.15) is 0 Å². The number of rotatable bonds is 5. The van der Waals surface area contributed by atoms with Gasteiger partial charge in [0.15, 0.2) is 0 Å². The van der Waals surface area contributed by atoms with E-state index in [1.54, 1.807) is 25.6 Å². The third-order valence-electron chi connectivity index (χ3n) is 1.78. The van der Waals surface area contributed by atoms with Gasteiger partial charge in [0.25, 0.3) is 0 Å². The summed E-state index contributed by atoms with van der Waals surface area (Å²) in [6.07, 6.45) is 3.42. The predicted molar refractivity (Wildman–Crippen MR) is 55.2 cm³/mol. The summed E-state index contributed by atoms with van der Waals surface area (Å²) in [5.74, 6) is 0.680. The lowest BCUT2D eigenvalue weighted by Crippen LogP contribution is -2.39. The van der Waals surface area contributed by atoms with Gasteiger partial charge in [-0.1, -0.05) is 0 Å². The normalized spacial score (nSPS) is 12.5. The Balaban J connectivity index is 2.46. The lowest BCUT2D eigenvalue weighted by atomic mass is 10.3. The Hall–Kier alpha value is -1.20. The molecule has 0 bridgehead atoms. The van der Waals surface area contributed by atoms with E-state index in [-0.39, 0.29) is 6.04 Å². The van der Waals surface area contributed by atoms with Crippen LogP contribution in [0.25, 0.3) is 0 Å². The summed E-state index contributed by atoms with van der Waals surface area (Å²) >= 11 is 0. The highest BCUT2D eigenvalue weighted by Gasteiger charge is 2.08. The number of nitrogens with zero attached hydrogens (tertiary/aromatic N) is 3. The molecule has 78 valence electrons. The number of hydrogen-bond donors (Lipinski definition) is 1. The van der Waals surface area contributed by atoms with Gasteiger partial charge >= 0.3 is 0 Å². The molecular weight excluding hydrogens is 180 g/mol. The molecule has 5 nitrogen and oxygen atoms in total. The molecule has 1 atom stereocenters. The molecule has 1 heterocycles. The third-order valence-corrected chi connectivity index (χ3v) is 1.78. The second-order valence-corrected chi connectivity index (χ2v) is 3.14. The van der Waals surface area contributed by atoms with Crippen LogP contribution in [-0.2, 0) is 4.74 Å². The van der Waals surface area contributed by atoms with Crippen molar-refractivity contribution in [3.05, 3.63) is 18.5 Å². The fourth-order valence-electron chi connectivity index (χ4n) is 1.19. The van der Waals surface area contributed by atoms with Crippen LogP contribution in [0.2, 0.25) is 0 Å². The molecule has 1 rings (SSSR count). The summed E-state index contributed by atoms with van der Waals surface area (Å²) in [4.78, 5) is 10.1. The zero-order chi connectivity index (χ0) is 10.4. The first-order chi connectivity index (χ1) is 6.74. The molecular formula is C9H16N4O. The van der Waals surface area contributed by atoms with Crippen molar-refractivity contribution in [2.45, 2.75) is 6.04 Å². The average molecular weight is 196 g/mol. The van der Waals surface area contributed by atoms with Crippen LogP contribution >= 0.6 is 0 Å². The van der Waals surface area contributed by atoms with Crippen LogP contribution in [0.3, 0.4) is 0 Å². The molecule has 1 aromatic rings. The molecule has 0 aliphatic heterocycles. The number of anilines is 1. The van der Waals surface area contributed by atoms with Gasteiger partial charge in [0, 0.05) is 39.1 Å². The maximum atomic E-state index is 5.80. The van der Waals surface area contributed by atoms with E-state index in [1.165, 1.54) is 0 Å². The first-order valence-corrected chi connectivity index (χ1v) is 4.46. The van der Waals surface area contributed by atoms with Crippen molar-refractivity contribution in [3.8, 4) is 0 Å². The highest BCUT2D eigenvalue weighted by atomic mass is 16.5. The number of aromatic nitrogens is 2. The molecule has 1 unspecified atom stereocenters. The predicted octanol–water partition coefficient (Wildman–Crippen LogP) is -0.113. The van der Waals surface area contributed by atoms with Crippen LogP contribution in [0.4, 0.5) is 5.95 Å². The van der Waals surface area contributed by atoms with Crippen molar-refractivity contribution in [1.82, 2.24) is 9.97 Å². The Morgan fingerprint density at radius 1 is 1.50 bits per heavy atom. The van der Waals surface area contributed by atoms with Gasteiger partial charge in [-0.05, 0) is 6.07 Å². The van der Waals surface area contributed by atoms with E-state index in [4.69, 9.17) is 10.5 Å². The molecule has 0 saturated carbocycles. The fraction of sp³-hybridized carbons (Fsp3) is 0.556. The number of methoxy groups -OCH3 is 1. The van der Waals surface area contributed by atoms with E-state index in [1.807, 2.05) is 11.9 Å². The molecule has 5 heteroatoms. The van der Waals surface area contributed by atoms with Crippen molar-refractivity contribution >= 4 is 5.95 Å². The van der Waals surface area contributed by atoms with E-state index >= 15 is 0 Å². The summed E-state index contributed by atoms with van der Waals surface area (Å²) in [6, 6.07) is 1.76. The quantitative estimate of drug-likeness (QED) is 0.711. The third kappa shape index (κ3) is 3.27. The van der Waals surface area contributed by atoms with Crippen LogP contribution in [-0.4, -0.2) is 43.3 Å². The zero-order valence-electron chi connectivity index (χ0n) is 8.55. The number of ether oxygens (including phenoxy) is 1. The summed E-state index contributed by atoms with van der Waals surface area (Å²) in [6.45, 7) is 1.22. The van der Waals surface area contributed by atoms with E-state index in [0.29, 0.717) is 19.1 Å². The van der Waals surface area contributed by atoms with Gasteiger partial charge in [0.1, 0.15) is 0 Å². The Morgan fingerprint density at radius 3 is 2.71 bits per heavy atom. The van der Waals surface area contributed by atoms with E-state index in [9.17, 15) is 0 Å². The van der Waals surface area contributed by atoms with E-state index < -0.39 is 0 Å². The molecule has 1 aromatic heterocycles. The molecule has 0 spiro atoms. The van der Waals surface area contributed by atoms with Crippen molar-refractivity contribution in [2.24, 2.45) is 5.73 Å². The zero-order valence-corrected chi connectivity index (χ0v) is 8.55. The van der Waals surface area contributed by atoms with Gasteiger partial charge in [0.05, 0.1) is 6.61 Å². The number of likely N-dealkylation sites (N-methyl/N-ethyl adjacent to an activating group) is 1. The SMILES string of the molecule is COCC(N)CN(C)c1ncccn1. The van der Waals surface area contributed by atoms with Crippen LogP contribution in [0.5, 0.6) is 0 Å². The summed E-state index contributed by atoms with van der Waals surface area (Å²) in [7, 11) is 3.55. The molecule has 0 amide bonds. The maximum Gasteiger partial charge on any atom is 0.225 e.